The minimum absolute atomic E-state index is 0.750. The van der Waals surface area contributed by atoms with E-state index in [-0.39, 0.29) is 0 Å². The molecule has 0 aromatic rings. The summed E-state index contributed by atoms with van der Waals surface area (Å²) >= 11 is 1.55. The molecule has 17 heavy (non-hydrogen) atoms. The van der Waals surface area contributed by atoms with Crippen molar-refractivity contribution in [3.8, 4) is 0 Å². The average molecular weight is 353 g/mol. The Morgan fingerprint density at radius 1 is 0.471 bits per heavy atom. The Balaban J connectivity index is -0.0000000693. The van der Waals surface area contributed by atoms with Gasteiger partial charge in [0.25, 0.3) is 0 Å². The molecule has 0 heterocycles. The molecule has 0 aromatic carbocycles. The van der Waals surface area contributed by atoms with Crippen molar-refractivity contribution in [3.05, 3.63) is 0 Å². The van der Waals surface area contributed by atoms with Gasteiger partial charge in [-0.2, -0.15) is 0 Å². The molecule has 0 aliphatic heterocycles. The molecule has 4 heteroatoms. The van der Waals surface area contributed by atoms with Gasteiger partial charge in [-0.05, 0) is 0 Å². The molecule has 0 radical (unpaired) electrons. The summed E-state index contributed by atoms with van der Waals surface area (Å²) in [6, 6.07) is 0. The Kier molecular flexibility index (Phi) is 18.2. The average Bonchev–Trinajstić information content (AvgIpc) is 1.77. The molecule has 0 rings (SSSR count). The third kappa shape index (κ3) is 7800. The molecule has 0 atom stereocenters. The molecule has 0 amide bonds. The van der Waals surface area contributed by atoms with Gasteiger partial charge in [0.05, 0.1) is 0 Å². The fourth-order valence-corrected chi connectivity index (χ4v) is 0. The summed E-state index contributed by atoms with van der Waals surface area (Å²) in [5.74, 6) is 0. The summed E-state index contributed by atoms with van der Waals surface area (Å²) in [6.45, 7) is 14.7. The standard InChI is InChI=1S/3C4H9O.CH3.Sn/c3*1-4(2,3)5;;/h3*1-3H3;1H3;/q3*-1;;+3. The summed E-state index contributed by atoms with van der Waals surface area (Å²) in [7, 11) is 0. The van der Waals surface area contributed by atoms with Gasteiger partial charge in [-0.3, -0.25) is 0 Å². The van der Waals surface area contributed by atoms with Crippen LogP contribution in [0.5, 0.6) is 0 Å². The number of hydrogen-bond donors (Lipinski definition) is 0. The van der Waals surface area contributed by atoms with Crippen molar-refractivity contribution in [2.24, 2.45) is 0 Å². The Hall–Kier alpha value is 0.679. The van der Waals surface area contributed by atoms with E-state index in [0.29, 0.717) is 0 Å². The van der Waals surface area contributed by atoms with Crippen molar-refractivity contribution in [2.75, 3.05) is 0 Å². The second-order valence-corrected chi connectivity index (χ2v) is 6.34. The van der Waals surface area contributed by atoms with E-state index in [1.54, 1.807) is 84.8 Å². The van der Waals surface area contributed by atoms with Crippen LogP contribution in [0.15, 0.2) is 0 Å². The molecule has 0 saturated heterocycles. The predicted molar refractivity (Wildman–Crippen MR) is 70.9 cm³/mol. The van der Waals surface area contributed by atoms with Crippen LogP contribution in [-0.4, -0.2) is 39.3 Å². The van der Waals surface area contributed by atoms with Gasteiger partial charge in [0, 0.05) is 0 Å². The number of rotatable bonds is 0. The van der Waals surface area contributed by atoms with Crippen molar-refractivity contribution < 1.29 is 15.3 Å². The van der Waals surface area contributed by atoms with Crippen molar-refractivity contribution >= 4 is 22.5 Å². The van der Waals surface area contributed by atoms with Crippen LogP contribution in [-0.2, 0) is 0 Å². The van der Waals surface area contributed by atoms with Crippen LogP contribution in [0.1, 0.15) is 62.3 Å². The number of hydrogen-bond acceptors (Lipinski definition) is 3. The van der Waals surface area contributed by atoms with Crippen LogP contribution in [0.25, 0.3) is 0 Å². The second-order valence-electron chi connectivity index (χ2n) is 6.34. The van der Waals surface area contributed by atoms with Crippen LogP contribution >= 0.6 is 0 Å². The first-order valence-electron chi connectivity index (χ1n) is 5.61. The molecule has 0 saturated carbocycles. The molecule has 3 nitrogen and oxygen atoms in total. The fourth-order valence-electron chi connectivity index (χ4n) is 0. The van der Waals surface area contributed by atoms with Crippen molar-refractivity contribution in [1.29, 1.82) is 0 Å². The third-order valence-electron chi connectivity index (χ3n) is 0. The minimum atomic E-state index is -0.750. The molecular formula is C13H30O3Sn. The fraction of sp³-hybridized carbons (Fsp3) is 1.00. The van der Waals surface area contributed by atoms with Crippen molar-refractivity contribution in [2.45, 2.75) is 84.1 Å². The van der Waals surface area contributed by atoms with E-state index in [1.165, 1.54) is 0 Å². The molecule has 0 aromatic heterocycles. The van der Waals surface area contributed by atoms with Gasteiger partial charge in [-0.25, -0.2) is 0 Å². The molecule has 0 fully saturated rings. The predicted octanol–water partition coefficient (Wildman–Crippen LogP) is 0.639. The summed E-state index contributed by atoms with van der Waals surface area (Å²) in [6.07, 6.45) is 0. The molecule has 0 N–H and O–H groups in total. The van der Waals surface area contributed by atoms with Gasteiger partial charge in [-0.1, -0.05) is 62.3 Å². The van der Waals surface area contributed by atoms with Gasteiger partial charge in [0.1, 0.15) is 0 Å². The molecule has 0 unspecified atom stereocenters. The van der Waals surface area contributed by atoms with Crippen LogP contribution < -0.4 is 15.3 Å². The van der Waals surface area contributed by atoms with E-state index in [0.717, 1.165) is 0 Å². The SMILES string of the molecule is CC(C)(C)[O-].CC(C)(C)[O-].CC(C)(C)[O-].[CH3][Sn+3]. The van der Waals surface area contributed by atoms with Gasteiger partial charge in [0.15, 0.2) is 0 Å². The maximum atomic E-state index is 10.1. The van der Waals surface area contributed by atoms with E-state index in [9.17, 15) is 15.3 Å². The van der Waals surface area contributed by atoms with E-state index < -0.39 is 16.8 Å². The van der Waals surface area contributed by atoms with Crippen LogP contribution in [0, 0.1) is 0 Å². The first-order valence-corrected chi connectivity index (χ1v) is 8.47. The molecular weight excluding hydrogens is 323 g/mol. The van der Waals surface area contributed by atoms with E-state index in [1.807, 2.05) is 0 Å². The molecule has 0 bridgehead atoms. The van der Waals surface area contributed by atoms with E-state index >= 15 is 0 Å². The zero-order valence-corrected chi connectivity index (χ0v) is 16.1. The second kappa shape index (κ2) is 11.8. The Labute approximate surface area is 122 Å². The van der Waals surface area contributed by atoms with Gasteiger partial charge >= 0.3 is 27.5 Å². The molecule has 0 aliphatic carbocycles. The third-order valence-corrected chi connectivity index (χ3v) is 0. The Morgan fingerprint density at radius 2 is 0.471 bits per heavy atom. The van der Waals surface area contributed by atoms with Gasteiger partial charge in [0.2, 0.25) is 0 Å². The zero-order chi connectivity index (χ0) is 15.5. The van der Waals surface area contributed by atoms with Crippen LogP contribution in [0.4, 0.5) is 0 Å². The Bertz CT molecular complexity index is 91.7. The van der Waals surface area contributed by atoms with Crippen LogP contribution in [0.2, 0.25) is 4.94 Å². The summed E-state index contributed by atoms with van der Waals surface area (Å²) in [5.41, 5.74) is -2.25. The van der Waals surface area contributed by atoms with Gasteiger partial charge in [-0.15, -0.1) is 16.8 Å². The maximum absolute atomic E-state index is 10.1. The first-order chi connectivity index (χ1) is 7.00. The monoisotopic (exact) mass is 354 g/mol. The molecule has 0 aliphatic rings. The van der Waals surface area contributed by atoms with Crippen LogP contribution in [0.3, 0.4) is 0 Å². The zero-order valence-electron chi connectivity index (χ0n) is 13.2. The summed E-state index contributed by atoms with van der Waals surface area (Å²) in [4.78, 5) is 2.09. The quantitative estimate of drug-likeness (QED) is 0.600. The summed E-state index contributed by atoms with van der Waals surface area (Å²) in [5, 5.41) is 30.3. The topological polar surface area (TPSA) is 69.2 Å². The van der Waals surface area contributed by atoms with Crippen molar-refractivity contribution in [3.63, 3.8) is 0 Å². The molecule has 104 valence electrons. The first kappa shape index (κ1) is 26.3. The Morgan fingerprint density at radius 3 is 0.471 bits per heavy atom. The summed E-state index contributed by atoms with van der Waals surface area (Å²) < 4.78 is 0. The molecule has 0 spiro atoms. The van der Waals surface area contributed by atoms with Crippen molar-refractivity contribution in [1.82, 2.24) is 0 Å². The van der Waals surface area contributed by atoms with E-state index in [4.69, 9.17) is 0 Å². The normalized spacial score (nSPS) is 11.0. The van der Waals surface area contributed by atoms with E-state index in [2.05, 4.69) is 4.94 Å². The van der Waals surface area contributed by atoms with Gasteiger partial charge < -0.3 is 15.3 Å².